The van der Waals surface area contributed by atoms with Crippen LogP contribution in [0.15, 0.2) is 6.07 Å². The molecule has 1 aliphatic carbocycles. The van der Waals surface area contributed by atoms with Crippen LogP contribution in [-0.4, -0.2) is 27.1 Å². The second-order valence-corrected chi connectivity index (χ2v) is 4.63. The highest BCUT2D eigenvalue weighted by Gasteiger charge is 2.43. The van der Waals surface area contributed by atoms with Crippen LogP contribution >= 0.6 is 11.6 Å². The van der Waals surface area contributed by atoms with Crippen molar-refractivity contribution in [2.24, 2.45) is 7.05 Å². The van der Waals surface area contributed by atoms with Crippen LogP contribution in [0.4, 0.5) is 0 Å². The second-order valence-electron chi connectivity index (χ2n) is 4.37. The SMILES string of the molecule is CCc1cc(C(=O)NC2(CCl)CC2)n(C)n1. The third-order valence-corrected chi connectivity index (χ3v) is 3.52. The molecule has 1 aromatic rings. The minimum absolute atomic E-state index is 0.0761. The smallest absolute Gasteiger partial charge is 0.270 e. The van der Waals surface area contributed by atoms with Gasteiger partial charge in [0.25, 0.3) is 5.91 Å². The van der Waals surface area contributed by atoms with Crippen molar-refractivity contribution in [2.45, 2.75) is 31.7 Å². The first-order valence-electron chi connectivity index (χ1n) is 5.51. The molecule has 2 rings (SSSR count). The number of hydrogen-bond donors (Lipinski definition) is 1. The predicted octanol–water partition coefficient (Wildman–Crippen LogP) is 1.48. The lowest BCUT2D eigenvalue weighted by molar-refractivity contribution is 0.0926. The Morgan fingerprint density at radius 2 is 2.38 bits per heavy atom. The normalized spacial score (nSPS) is 17.2. The maximum Gasteiger partial charge on any atom is 0.270 e. The van der Waals surface area contributed by atoms with Gasteiger partial charge in [-0.15, -0.1) is 11.6 Å². The van der Waals surface area contributed by atoms with Crippen LogP contribution in [-0.2, 0) is 13.5 Å². The summed E-state index contributed by atoms with van der Waals surface area (Å²) in [4.78, 5) is 12.0. The molecule has 1 fully saturated rings. The molecule has 1 saturated carbocycles. The molecule has 88 valence electrons. The number of aromatic nitrogens is 2. The van der Waals surface area contributed by atoms with Crippen LogP contribution in [0.5, 0.6) is 0 Å². The van der Waals surface area contributed by atoms with E-state index in [4.69, 9.17) is 11.6 Å². The standard InChI is InChI=1S/C11H16ClN3O/c1-3-8-6-9(15(2)14-8)10(16)13-11(7-12)4-5-11/h6H,3-5,7H2,1-2H3,(H,13,16). The molecule has 1 amide bonds. The number of alkyl halides is 1. The zero-order valence-electron chi connectivity index (χ0n) is 9.59. The summed E-state index contributed by atoms with van der Waals surface area (Å²) < 4.78 is 1.62. The second kappa shape index (κ2) is 4.09. The van der Waals surface area contributed by atoms with Gasteiger partial charge in [0.1, 0.15) is 5.69 Å². The third kappa shape index (κ3) is 2.07. The third-order valence-electron chi connectivity index (χ3n) is 3.01. The molecule has 16 heavy (non-hydrogen) atoms. The molecule has 1 aliphatic rings. The Morgan fingerprint density at radius 3 is 2.81 bits per heavy atom. The molecule has 0 aliphatic heterocycles. The van der Waals surface area contributed by atoms with Crippen LogP contribution in [0.1, 0.15) is 35.9 Å². The van der Waals surface area contributed by atoms with Crippen molar-refractivity contribution in [3.05, 3.63) is 17.5 Å². The van der Waals surface area contributed by atoms with Gasteiger partial charge in [0.2, 0.25) is 0 Å². The van der Waals surface area contributed by atoms with Gasteiger partial charge in [0.15, 0.2) is 0 Å². The predicted molar refractivity (Wildman–Crippen MR) is 62.7 cm³/mol. The van der Waals surface area contributed by atoms with Crippen molar-refractivity contribution in [1.82, 2.24) is 15.1 Å². The van der Waals surface area contributed by atoms with Crippen LogP contribution in [0, 0.1) is 0 Å². The lowest BCUT2D eigenvalue weighted by Gasteiger charge is -2.13. The van der Waals surface area contributed by atoms with Crippen LogP contribution < -0.4 is 5.32 Å². The van der Waals surface area contributed by atoms with E-state index in [0.717, 1.165) is 25.0 Å². The van der Waals surface area contributed by atoms with E-state index in [0.29, 0.717) is 11.6 Å². The summed E-state index contributed by atoms with van der Waals surface area (Å²) in [5.74, 6) is 0.407. The molecule has 0 spiro atoms. The molecule has 0 bridgehead atoms. The molecule has 0 atom stereocenters. The fourth-order valence-electron chi connectivity index (χ4n) is 1.66. The number of amides is 1. The molecule has 0 saturated heterocycles. The summed E-state index contributed by atoms with van der Waals surface area (Å²) >= 11 is 5.82. The van der Waals surface area contributed by atoms with Crippen molar-refractivity contribution >= 4 is 17.5 Å². The van der Waals surface area contributed by atoms with Crippen molar-refractivity contribution in [3.63, 3.8) is 0 Å². The van der Waals surface area contributed by atoms with Crippen LogP contribution in [0.3, 0.4) is 0 Å². The van der Waals surface area contributed by atoms with Gasteiger partial charge >= 0.3 is 0 Å². The van der Waals surface area contributed by atoms with Gasteiger partial charge in [-0.05, 0) is 25.3 Å². The lowest BCUT2D eigenvalue weighted by Crippen LogP contribution is -2.39. The highest BCUT2D eigenvalue weighted by molar-refractivity contribution is 6.19. The number of rotatable bonds is 4. The summed E-state index contributed by atoms with van der Waals surface area (Å²) in [6, 6.07) is 1.83. The first kappa shape index (κ1) is 11.5. The molecule has 0 unspecified atom stereocenters. The van der Waals surface area contributed by atoms with Crippen molar-refractivity contribution in [3.8, 4) is 0 Å². The van der Waals surface area contributed by atoms with E-state index in [1.807, 2.05) is 13.0 Å². The number of nitrogens with one attached hydrogen (secondary N) is 1. The summed E-state index contributed by atoms with van der Waals surface area (Å²) in [7, 11) is 1.79. The van der Waals surface area contributed by atoms with E-state index in [9.17, 15) is 4.79 Å². The van der Waals surface area contributed by atoms with Gasteiger partial charge in [-0.25, -0.2) is 0 Å². The summed E-state index contributed by atoms with van der Waals surface area (Å²) in [6.07, 6.45) is 2.78. The van der Waals surface area contributed by atoms with E-state index >= 15 is 0 Å². The van der Waals surface area contributed by atoms with Gasteiger partial charge in [0.05, 0.1) is 11.2 Å². The highest BCUT2D eigenvalue weighted by Crippen LogP contribution is 2.36. The van der Waals surface area contributed by atoms with Gasteiger partial charge in [-0.3, -0.25) is 9.48 Å². The molecule has 1 heterocycles. The Morgan fingerprint density at radius 1 is 1.69 bits per heavy atom. The Bertz CT molecular complexity index is 409. The maximum atomic E-state index is 12.0. The van der Waals surface area contributed by atoms with Gasteiger partial charge in [-0.2, -0.15) is 5.10 Å². The Kier molecular flexibility index (Phi) is 2.93. The Labute approximate surface area is 100.0 Å². The summed E-state index contributed by atoms with van der Waals surface area (Å²) in [5, 5.41) is 7.23. The molecule has 0 radical (unpaired) electrons. The zero-order valence-corrected chi connectivity index (χ0v) is 10.3. The van der Waals surface area contributed by atoms with Crippen molar-refractivity contribution < 1.29 is 4.79 Å². The fraction of sp³-hybridized carbons (Fsp3) is 0.636. The first-order valence-corrected chi connectivity index (χ1v) is 6.05. The first-order chi connectivity index (χ1) is 7.60. The van der Waals surface area contributed by atoms with Gasteiger partial charge in [-0.1, -0.05) is 6.92 Å². The van der Waals surface area contributed by atoms with Crippen LogP contribution in [0.2, 0.25) is 0 Å². The molecule has 1 N–H and O–H groups in total. The number of hydrogen-bond acceptors (Lipinski definition) is 2. The molecular formula is C11H16ClN3O. The van der Waals surface area contributed by atoms with Crippen molar-refractivity contribution in [1.29, 1.82) is 0 Å². The Hall–Kier alpha value is -1.03. The molecule has 5 heteroatoms. The number of aryl methyl sites for hydroxylation is 2. The van der Waals surface area contributed by atoms with Gasteiger partial charge < -0.3 is 5.32 Å². The minimum atomic E-state index is -0.157. The van der Waals surface area contributed by atoms with E-state index < -0.39 is 0 Å². The monoisotopic (exact) mass is 241 g/mol. The summed E-state index contributed by atoms with van der Waals surface area (Å²) in [6.45, 7) is 2.02. The fourth-order valence-corrected chi connectivity index (χ4v) is 1.99. The largest absolute Gasteiger partial charge is 0.344 e. The molecule has 4 nitrogen and oxygen atoms in total. The average molecular weight is 242 g/mol. The van der Waals surface area contributed by atoms with Gasteiger partial charge in [0, 0.05) is 12.9 Å². The van der Waals surface area contributed by atoms with Crippen LogP contribution in [0.25, 0.3) is 0 Å². The minimum Gasteiger partial charge on any atom is -0.344 e. The number of nitrogens with zero attached hydrogens (tertiary/aromatic N) is 2. The lowest BCUT2D eigenvalue weighted by atomic mass is 10.2. The summed E-state index contributed by atoms with van der Waals surface area (Å²) in [5.41, 5.74) is 1.38. The zero-order chi connectivity index (χ0) is 11.8. The highest BCUT2D eigenvalue weighted by atomic mass is 35.5. The topological polar surface area (TPSA) is 46.9 Å². The van der Waals surface area contributed by atoms with E-state index in [1.165, 1.54) is 0 Å². The average Bonchev–Trinajstić information content (AvgIpc) is 2.94. The van der Waals surface area contributed by atoms with E-state index in [2.05, 4.69) is 10.4 Å². The van der Waals surface area contributed by atoms with E-state index in [-0.39, 0.29) is 11.4 Å². The van der Waals surface area contributed by atoms with Crippen molar-refractivity contribution in [2.75, 3.05) is 5.88 Å². The molecular weight excluding hydrogens is 226 g/mol. The quantitative estimate of drug-likeness (QED) is 0.812. The number of halogens is 1. The maximum absolute atomic E-state index is 12.0. The Balaban J connectivity index is 2.11. The van der Waals surface area contributed by atoms with E-state index in [1.54, 1.807) is 11.7 Å². The molecule has 0 aromatic carbocycles. The molecule has 1 aromatic heterocycles. The number of carbonyl (C=O) groups excluding carboxylic acids is 1. The number of carbonyl (C=O) groups is 1.